The van der Waals surface area contributed by atoms with E-state index in [1.54, 1.807) is 25.7 Å². The highest BCUT2D eigenvalue weighted by Gasteiger charge is 2.17. The number of methoxy groups -OCH3 is 1. The lowest BCUT2D eigenvalue weighted by Crippen LogP contribution is -1.99. The first-order chi connectivity index (χ1) is 10.8. The van der Waals surface area contributed by atoms with Crippen molar-refractivity contribution in [1.29, 1.82) is 0 Å². The maximum absolute atomic E-state index is 6.02. The molecule has 0 saturated carbocycles. The standard InChI is InChI=1S/C15H12N6O/c1-22-15-19-7-4-10(20-15)12-9-3-2-6-17-13(9)21-11(12)5-8-18-14(21)16/h2-8H,1H3,(H2,16,18). The van der Waals surface area contributed by atoms with E-state index in [1.165, 1.54) is 0 Å². The number of fused-ring (bicyclic) bond motifs is 3. The lowest BCUT2D eigenvalue weighted by Gasteiger charge is -2.03. The molecular weight excluding hydrogens is 280 g/mol. The van der Waals surface area contributed by atoms with E-state index in [0.717, 1.165) is 27.8 Å². The first-order valence-corrected chi connectivity index (χ1v) is 6.66. The first kappa shape index (κ1) is 12.5. The summed E-state index contributed by atoms with van der Waals surface area (Å²) < 4.78 is 6.94. The lowest BCUT2D eigenvalue weighted by molar-refractivity contribution is 0.380. The van der Waals surface area contributed by atoms with Crippen molar-refractivity contribution in [1.82, 2.24) is 24.3 Å². The summed E-state index contributed by atoms with van der Waals surface area (Å²) >= 11 is 0. The molecule has 7 nitrogen and oxygen atoms in total. The number of rotatable bonds is 2. The molecule has 108 valence electrons. The molecule has 0 radical (unpaired) electrons. The molecular formula is C15H12N6O. The molecule has 0 aliphatic carbocycles. The normalized spacial score (nSPS) is 11.1. The maximum Gasteiger partial charge on any atom is 0.316 e. The molecule has 0 bridgehead atoms. The number of nitrogens with two attached hydrogens (primary N) is 1. The highest BCUT2D eigenvalue weighted by Crippen LogP contribution is 2.34. The van der Waals surface area contributed by atoms with Gasteiger partial charge in [-0.3, -0.25) is 4.40 Å². The van der Waals surface area contributed by atoms with Gasteiger partial charge in [-0.1, -0.05) is 0 Å². The van der Waals surface area contributed by atoms with Crippen LogP contribution in [0.4, 0.5) is 5.95 Å². The Kier molecular flexibility index (Phi) is 2.65. The monoisotopic (exact) mass is 292 g/mol. The van der Waals surface area contributed by atoms with Crippen molar-refractivity contribution in [3.8, 4) is 17.3 Å². The number of hydrogen-bond donors (Lipinski definition) is 1. The van der Waals surface area contributed by atoms with Gasteiger partial charge in [0.15, 0.2) is 0 Å². The number of hydrogen-bond acceptors (Lipinski definition) is 6. The molecule has 0 atom stereocenters. The van der Waals surface area contributed by atoms with E-state index in [2.05, 4.69) is 19.9 Å². The fourth-order valence-electron chi connectivity index (χ4n) is 2.61. The van der Waals surface area contributed by atoms with Crippen LogP contribution in [0.25, 0.3) is 27.8 Å². The van der Waals surface area contributed by atoms with Gasteiger partial charge in [-0.05, 0) is 24.3 Å². The molecule has 7 heteroatoms. The van der Waals surface area contributed by atoms with Crippen molar-refractivity contribution < 1.29 is 4.74 Å². The molecule has 0 aromatic carbocycles. The third-order valence-corrected chi connectivity index (χ3v) is 3.51. The molecule has 4 aromatic heterocycles. The van der Waals surface area contributed by atoms with Crippen LogP contribution in [-0.2, 0) is 0 Å². The van der Waals surface area contributed by atoms with Crippen molar-refractivity contribution in [2.24, 2.45) is 0 Å². The molecule has 2 N–H and O–H groups in total. The van der Waals surface area contributed by atoms with Crippen molar-refractivity contribution >= 4 is 22.5 Å². The Labute approximate surface area is 125 Å². The maximum atomic E-state index is 6.02. The summed E-state index contributed by atoms with van der Waals surface area (Å²) in [5, 5.41) is 0.947. The summed E-state index contributed by atoms with van der Waals surface area (Å²) in [7, 11) is 1.54. The van der Waals surface area contributed by atoms with Crippen molar-refractivity contribution in [2.45, 2.75) is 0 Å². The van der Waals surface area contributed by atoms with Gasteiger partial charge < -0.3 is 10.5 Å². The first-order valence-electron chi connectivity index (χ1n) is 6.66. The van der Waals surface area contributed by atoms with Crippen LogP contribution in [0.15, 0.2) is 42.9 Å². The van der Waals surface area contributed by atoms with E-state index in [4.69, 9.17) is 10.5 Å². The number of nitrogens with zero attached hydrogens (tertiary/aromatic N) is 5. The van der Waals surface area contributed by atoms with Gasteiger partial charge in [-0.2, -0.15) is 4.98 Å². The predicted molar refractivity (Wildman–Crippen MR) is 82.5 cm³/mol. The fourth-order valence-corrected chi connectivity index (χ4v) is 2.61. The molecule has 4 heterocycles. The van der Waals surface area contributed by atoms with Crippen LogP contribution in [-0.4, -0.2) is 31.4 Å². The largest absolute Gasteiger partial charge is 0.467 e. The van der Waals surface area contributed by atoms with E-state index in [1.807, 2.05) is 28.7 Å². The van der Waals surface area contributed by atoms with Gasteiger partial charge in [0.25, 0.3) is 0 Å². The van der Waals surface area contributed by atoms with Crippen molar-refractivity contribution in [3.05, 3.63) is 42.9 Å². The second-order valence-corrected chi connectivity index (χ2v) is 4.70. The van der Waals surface area contributed by atoms with Crippen LogP contribution in [0.2, 0.25) is 0 Å². The summed E-state index contributed by atoms with van der Waals surface area (Å²) in [5.74, 6) is 0.383. The molecule has 22 heavy (non-hydrogen) atoms. The minimum absolute atomic E-state index is 0.316. The zero-order valence-electron chi connectivity index (χ0n) is 11.8. The summed E-state index contributed by atoms with van der Waals surface area (Å²) in [6, 6.07) is 7.91. The topological polar surface area (TPSA) is 91.2 Å². The molecule has 0 unspecified atom stereocenters. The highest BCUT2D eigenvalue weighted by molar-refractivity contribution is 6.03. The second-order valence-electron chi connectivity index (χ2n) is 4.70. The third kappa shape index (κ3) is 1.69. The Morgan fingerprint density at radius 2 is 1.91 bits per heavy atom. The number of anilines is 1. The summed E-state index contributed by atoms with van der Waals surface area (Å²) in [6.45, 7) is 0. The Balaban J connectivity index is 2.17. The predicted octanol–water partition coefficient (Wildman–Crippen LogP) is 1.93. The van der Waals surface area contributed by atoms with Gasteiger partial charge in [-0.25, -0.2) is 15.0 Å². The average Bonchev–Trinajstić information content (AvgIpc) is 2.90. The number of ether oxygens (including phenoxy) is 1. The van der Waals surface area contributed by atoms with Gasteiger partial charge in [0, 0.05) is 29.5 Å². The zero-order chi connectivity index (χ0) is 15.1. The van der Waals surface area contributed by atoms with Crippen molar-refractivity contribution in [3.63, 3.8) is 0 Å². The van der Waals surface area contributed by atoms with E-state index < -0.39 is 0 Å². The van der Waals surface area contributed by atoms with Crippen LogP contribution in [0, 0.1) is 0 Å². The quantitative estimate of drug-likeness (QED) is 0.607. The zero-order valence-corrected chi connectivity index (χ0v) is 11.8. The Morgan fingerprint density at radius 3 is 2.77 bits per heavy atom. The molecule has 0 amide bonds. The molecule has 0 fully saturated rings. The van der Waals surface area contributed by atoms with Gasteiger partial charge in [0.1, 0.15) is 5.65 Å². The van der Waals surface area contributed by atoms with E-state index in [0.29, 0.717) is 12.0 Å². The minimum Gasteiger partial charge on any atom is -0.467 e. The Bertz CT molecular complexity index is 994. The van der Waals surface area contributed by atoms with Crippen LogP contribution in [0.3, 0.4) is 0 Å². The molecule has 0 aliphatic rings. The van der Waals surface area contributed by atoms with Crippen LogP contribution in [0.5, 0.6) is 6.01 Å². The Morgan fingerprint density at radius 1 is 1.05 bits per heavy atom. The van der Waals surface area contributed by atoms with Gasteiger partial charge >= 0.3 is 6.01 Å². The molecule has 0 spiro atoms. The van der Waals surface area contributed by atoms with Gasteiger partial charge in [0.2, 0.25) is 5.95 Å². The highest BCUT2D eigenvalue weighted by atomic mass is 16.5. The third-order valence-electron chi connectivity index (χ3n) is 3.51. The number of aromatic nitrogens is 5. The smallest absolute Gasteiger partial charge is 0.316 e. The van der Waals surface area contributed by atoms with E-state index >= 15 is 0 Å². The Hall–Kier alpha value is -3.22. The molecule has 0 saturated heterocycles. The summed E-state index contributed by atoms with van der Waals surface area (Å²) in [5.41, 5.74) is 9.34. The van der Waals surface area contributed by atoms with Crippen LogP contribution in [0.1, 0.15) is 0 Å². The number of nitrogen functional groups attached to an aromatic ring is 1. The molecule has 4 aromatic rings. The number of pyridine rings is 1. The SMILES string of the molecule is COc1nccc(-c2c3cccnc3n3c(N)nccc23)n1. The summed E-state index contributed by atoms with van der Waals surface area (Å²) in [6.07, 6.45) is 5.06. The van der Waals surface area contributed by atoms with Crippen molar-refractivity contribution in [2.75, 3.05) is 12.8 Å². The van der Waals surface area contributed by atoms with Gasteiger partial charge in [-0.15, -0.1) is 0 Å². The second kappa shape index (κ2) is 4.66. The van der Waals surface area contributed by atoms with E-state index in [9.17, 15) is 0 Å². The molecule has 4 rings (SSSR count). The molecule has 0 aliphatic heterocycles. The summed E-state index contributed by atoms with van der Waals surface area (Å²) in [4.78, 5) is 17.0. The fraction of sp³-hybridized carbons (Fsp3) is 0.0667. The minimum atomic E-state index is 0.316. The van der Waals surface area contributed by atoms with Crippen LogP contribution >= 0.6 is 0 Å². The van der Waals surface area contributed by atoms with Gasteiger partial charge in [0.05, 0.1) is 18.3 Å². The average molecular weight is 292 g/mol. The lowest BCUT2D eigenvalue weighted by atomic mass is 10.1. The van der Waals surface area contributed by atoms with Crippen LogP contribution < -0.4 is 10.5 Å². The van der Waals surface area contributed by atoms with E-state index in [-0.39, 0.29) is 0 Å².